The summed E-state index contributed by atoms with van der Waals surface area (Å²) >= 11 is 0. The predicted molar refractivity (Wildman–Crippen MR) is 363 cm³/mol. The highest BCUT2D eigenvalue weighted by Crippen LogP contribution is 2.45. The van der Waals surface area contributed by atoms with Gasteiger partial charge in [0.2, 0.25) is 0 Å². The van der Waals surface area contributed by atoms with Gasteiger partial charge in [0.05, 0.1) is 26.4 Å². The number of hydrogen-bond donors (Lipinski definition) is 3. The molecule has 0 fully saturated rings. The van der Waals surface area contributed by atoms with Crippen LogP contribution < -0.4 is 0 Å². The van der Waals surface area contributed by atoms with Gasteiger partial charge in [-0.3, -0.25) is 37.3 Å². The number of ether oxygens (including phenoxy) is 4. The molecule has 534 valence electrons. The van der Waals surface area contributed by atoms with Crippen molar-refractivity contribution >= 4 is 39.5 Å². The van der Waals surface area contributed by atoms with Gasteiger partial charge in [0.15, 0.2) is 12.2 Å². The van der Waals surface area contributed by atoms with Crippen LogP contribution in [0.4, 0.5) is 0 Å². The van der Waals surface area contributed by atoms with Gasteiger partial charge in [0.1, 0.15) is 19.3 Å². The molecule has 0 heterocycles. The van der Waals surface area contributed by atoms with Gasteiger partial charge in [0.25, 0.3) is 0 Å². The van der Waals surface area contributed by atoms with Crippen molar-refractivity contribution in [3.05, 3.63) is 0 Å². The molecule has 0 aliphatic carbocycles. The summed E-state index contributed by atoms with van der Waals surface area (Å²) in [5.74, 6) is 0.790. The maximum absolute atomic E-state index is 13.0. The zero-order valence-corrected chi connectivity index (χ0v) is 60.6. The second-order valence-electron chi connectivity index (χ2n) is 27.3. The fourth-order valence-corrected chi connectivity index (χ4v) is 12.2. The van der Waals surface area contributed by atoms with Crippen LogP contribution in [-0.4, -0.2) is 96.7 Å². The van der Waals surface area contributed by atoms with Gasteiger partial charge in [-0.2, -0.15) is 0 Å². The van der Waals surface area contributed by atoms with Crippen molar-refractivity contribution in [3.8, 4) is 0 Å². The number of aliphatic hydroxyl groups excluding tert-OH is 1. The molecule has 4 unspecified atom stereocenters. The molecular weight excluding hydrogens is 1190 g/mol. The number of aliphatic hydroxyl groups is 1. The molecule has 0 bridgehead atoms. The Balaban J connectivity index is 5.14. The second kappa shape index (κ2) is 60.7. The third-order valence-electron chi connectivity index (χ3n) is 16.7. The van der Waals surface area contributed by atoms with E-state index in [1.54, 1.807) is 0 Å². The van der Waals surface area contributed by atoms with Crippen LogP contribution in [-0.2, 0) is 65.4 Å². The Morgan fingerprint density at radius 3 is 0.789 bits per heavy atom. The highest BCUT2D eigenvalue weighted by molar-refractivity contribution is 7.47. The zero-order valence-electron chi connectivity index (χ0n) is 58.8. The molecule has 0 saturated heterocycles. The standard InChI is InChI=1S/C71H138O17P2/c1-9-64(8)50-42-34-28-30-38-46-54-71(76)88-67(57-81-68(73)51-43-35-26-22-24-32-40-48-62(4)5)60-86-90(79,80)84-56-65(72)55-83-89(77,78)85-59-66(58-82-69(74)52-44-36-29-27-33-41-49-63(6)7)87-70(75)53-45-37-25-21-19-17-15-13-11-10-12-14-16-18-20-23-31-39-47-61(2)3/h61-67,72H,9-60H2,1-8H3,(H,77,78)(H,79,80)/t64?,65?,66-,67-/m1/s1. The van der Waals surface area contributed by atoms with Crippen LogP contribution in [0.3, 0.4) is 0 Å². The van der Waals surface area contributed by atoms with Gasteiger partial charge in [-0.05, 0) is 49.4 Å². The third-order valence-corrected chi connectivity index (χ3v) is 18.6. The molecule has 3 N–H and O–H groups in total. The summed E-state index contributed by atoms with van der Waals surface area (Å²) in [6.07, 6.45) is 43.5. The molecule has 17 nitrogen and oxygen atoms in total. The number of carbonyl (C=O) groups is 4. The minimum atomic E-state index is -4.95. The van der Waals surface area contributed by atoms with Crippen LogP contribution >= 0.6 is 15.6 Å². The number of esters is 4. The lowest BCUT2D eigenvalue weighted by molar-refractivity contribution is -0.161. The van der Waals surface area contributed by atoms with Crippen molar-refractivity contribution in [2.24, 2.45) is 23.7 Å². The summed E-state index contributed by atoms with van der Waals surface area (Å²) < 4.78 is 68.2. The first-order chi connectivity index (χ1) is 43.1. The highest BCUT2D eigenvalue weighted by atomic mass is 31.2. The van der Waals surface area contributed by atoms with Crippen LogP contribution in [0.5, 0.6) is 0 Å². The number of phosphoric acid groups is 2. The first-order valence-corrected chi connectivity index (χ1v) is 39.7. The molecule has 0 radical (unpaired) electrons. The lowest BCUT2D eigenvalue weighted by atomic mass is 10.00. The van der Waals surface area contributed by atoms with Crippen LogP contribution in [0.15, 0.2) is 0 Å². The lowest BCUT2D eigenvalue weighted by Gasteiger charge is -2.21. The van der Waals surface area contributed by atoms with E-state index in [9.17, 15) is 43.2 Å². The number of phosphoric ester groups is 2. The Bertz CT molecular complexity index is 1780. The van der Waals surface area contributed by atoms with E-state index in [1.165, 1.54) is 141 Å². The van der Waals surface area contributed by atoms with E-state index < -0.39 is 97.5 Å². The van der Waals surface area contributed by atoms with Gasteiger partial charge in [-0.15, -0.1) is 0 Å². The Morgan fingerprint density at radius 2 is 0.533 bits per heavy atom. The molecule has 0 saturated carbocycles. The van der Waals surface area contributed by atoms with Crippen molar-refractivity contribution in [1.29, 1.82) is 0 Å². The van der Waals surface area contributed by atoms with Crippen LogP contribution in [0.25, 0.3) is 0 Å². The Kier molecular flexibility index (Phi) is 59.4. The molecule has 6 atom stereocenters. The van der Waals surface area contributed by atoms with Crippen LogP contribution in [0.1, 0.15) is 351 Å². The maximum Gasteiger partial charge on any atom is 0.472 e. The molecule has 0 aliphatic rings. The minimum Gasteiger partial charge on any atom is -0.462 e. The highest BCUT2D eigenvalue weighted by Gasteiger charge is 2.30. The number of rotatable bonds is 68. The fourth-order valence-electron chi connectivity index (χ4n) is 10.6. The molecule has 0 aromatic heterocycles. The number of carbonyl (C=O) groups excluding carboxylic acids is 4. The SMILES string of the molecule is CCC(C)CCCCCCCCC(=O)O[C@H](COC(=O)CCCCCCCCCC(C)C)COP(=O)(O)OCC(O)COP(=O)(O)OC[C@@H](COC(=O)CCCCCCCCC(C)C)OC(=O)CCCCCCCCCCCCCCCCCCCCC(C)C. The Morgan fingerprint density at radius 1 is 0.311 bits per heavy atom. The second-order valence-corrected chi connectivity index (χ2v) is 30.2. The largest absolute Gasteiger partial charge is 0.472 e. The molecule has 0 aliphatic heterocycles. The average Bonchev–Trinajstić information content (AvgIpc) is 2.99. The topological polar surface area (TPSA) is 237 Å². The molecule has 0 rings (SSSR count). The van der Waals surface area contributed by atoms with E-state index >= 15 is 0 Å². The summed E-state index contributed by atoms with van der Waals surface area (Å²) in [7, 11) is -9.90. The van der Waals surface area contributed by atoms with E-state index in [0.29, 0.717) is 37.5 Å². The zero-order chi connectivity index (χ0) is 66.8. The first-order valence-electron chi connectivity index (χ1n) is 36.7. The molecule has 0 spiro atoms. The monoisotopic (exact) mass is 1320 g/mol. The van der Waals surface area contributed by atoms with E-state index in [4.69, 9.17) is 37.0 Å². The van der Waals surface area contributed by atoms with Gasteiger partial charge < -0.3 is 33.8 Å². The summed E-state index contributed by atoms with van der Waals surface area (Å²) in [5.41, 5.74) is 0. The van der Waals surface area contributed by atoms with Gasteiger partial charge in [-0.25, -0.2) is 9.13 Å². The summed E-state index contributed by atoms with van der Waals surface area (Å²) in [6, 6.07) is 0. The first kappa shape index (κ1) is 88.1. The lowest BCUT2D eigenvalue weighted by Crippen LogP contribution is -2.30. The van der Waals surface area contributed by atoms with Gasteiger partial charge in [-0.1, -0.05) is 299 Å². The third kappa shape index (κ3) is 63.5. The normalized spacial score (nSPS) is 14.6. The van der Waals surface area contributed by atoms with E-state index in [-0.39, 0.29) is 25.7 Å². The van der Waals surface area contributed by atoms with Crippen molar-refractivity contribution < 1.29 is 80.2 Å². The predicted octanol–water partition coefficient (Wildman–Crippen LogP) is 20.1. The van der Waals surface area contributed by atoms with Gasteiger partial charge in [0, 0.05) is 25.7 Å². The van der Waals surface area contributed by atoms with Crippen molar-refractivity contribution in [1.82, 2.24) is 0 Å². The average molecular weight is 1330 g/mol. The quantitative estimate of drug-likeness (QED) is 0.0222. The molecular formula is C71H138O17P2. The maximum atomic E-state index is 13.0. The summed E-state index contributed by atoms with van der Waals surface area (Å²) in [6.45, 7) is 14.0. The van der Waals surface area contributed by atoms with Crippen LogP contribution in [0.2, 0.25) is 0 Å². The van der Waals surface area contributed by atoms with Crippen molar-refractivity contribution in [2.75, 3.05) is 39.6 Å². The minimum absolute atomic E-state index is 0.102. The van der Waals surface area contributed by atoms with Crippen molar-refractivity contribution in [3.63, 3.8) is 0 Å². The molecule has 0 amide bonds. The molecule has 0 aromatic carbocycles. The van der Waals surface area contributed by atoms with Crippen LogP contribution in [0, 0.1) is 23.7 Å². The van der Waals surface area contributed by atoms with E-state index in [1.807, 2.05) is 0 Å². The van der Waals surface area contributed by atoms with Gasteiger partial charge >= 0.3 is 39.5 Å². The van der Waals surface area contributed by atoms with E-state index in [0.717, 1.165) is 115 Å². The van der Waals surface area contributed by atoms with E-state index in [2.05, 4.69) is 55.4 Å². The molecule has 90 heavy (non-hydrogen) atoms. The Hall–Kier alpha value is -1.94. The van der Waals surface area contributed by atoms with Crippen molar-refractivity contribution in [2.45, 2.75) is 369 Å². The molecule has 19 heteroatoms. The number of unbranched alkanes of at least 4 members (excludes halogenated alkanes) is 33. The Labute approximate surface area is 549 Å². The summed E-state index contributed by atoms with van der Waals surface area (Å²) in [5, 5.41) is 10.6. The summed E-state index contributed by atoms with van der Waals surface area (Å²) in [4.78, 5) is 72.4. The fraction of sp³-hybridized carbons (Fsp3) is 0.944. The smallest absolute Gasteiger partial charge is 0.462 e. The molecule has 0 aromatic rings. The number of hydrogen-bond acceptors (Lipinski definition) is 15.